The Hall–Kier alpha value is -3.19. The maximum absolute atomic E-state index is 12.4. The molecule has 6 nitrogen and oxygen atoms in total. The molecule has 2 aromatic rings. The van der Waals surface area contributed by atoms with Gasteiger partial charge in [-0.05, 0) is 36.0 Å². The summed E-state index contributed by atoms with van der Waals surface area (Å²) in [5, 5.41) is 17.4. The summed E-state index contributed by atoms with van der Waals surface area (Å²) >= 11 is 5.08. The number of aromatic hydroxyl groups is 1. The lowest BCUT2D eigenvalue weighted by Gasteiger charge is -2.12. The number of carbonyl (C=O) groups is 2. The van der Waals surface area contributed by atoms with Crippen molar-refractivity contribution in [3.63, 3.8) is 0 Å². The first-order valence-corrected chi connectivity index (χ1v) is 7.81. The topological polar surface area (TPSA) is 90.5 Å². The number of nitrogens with one attached hydrogen (secondary N) is 3. The molecule has 0 heterocycles. The van der Waals surface area contributed by atoms with Crippen molar-refractivity contribution < 1.29 is 14.7 Å². The van der Waals surface area contributed by atoms with Gasteiger partial charge in [0.05, 0.1) is 5.69 Å². The first-order valence-electron chi connectivity index (χ1n) is 7.40. The molecule has 7 heteroatoms. The Morgan fingerprint density at radius 1 is 1.00 bits per heavy atom. The fraction of sp³-hybridized carbons (Fsp3) is 0.0556. The van der Waals surface area contributed by atoms with Crippen LogP contribution in [0.15, 0.2) is 60.3 Å². The van der Waals surface area contributed by atoms with Crippen LogP contribution in [0.2, 0.25) is 0 Å². The molecule has 0 saturated carbocycles. The number of thiocarbonyl (C=S) groups is 1. The highest BCUT2D eigenvalue weighted by atomic mass is 32.1. The summed E-state index contributed by atoms with van der Waals surface area (Å²) in [6, 6.07) is 15.6. The Kier molecular flexibility index (Phi) is 6.25. The summed E-state index contributed by atoms with van der Waals surface area (Å²) in [5.41, 5.74) is 1.17. The van der Waals surface area contributed by atoms with Crippen molar-refractivity contribution in [2.45, 2.75) is 6.92 Å². The van der Waals surface area contributed by atoms with E-state index in [4.69, 9.17) is 12.2 Å². The van der Waals surface area contributed by atoms with E-state index in [0.717, 1.165) is 5.56 Å². The average Bonchev–Trinajstić information content (AvgIpc) is 2.57. The van der Waals surface area contributed by atoms with Crippen LogP contribution in [0.25, 0.3) is 6.08 Å². The van der Waals surface area contributed by atoms with Crippen molar-refractivity contribution >= 4 is 40.9 Å². The molecule has 128 valence electrons. The monoisotopic (exact) mass is 355 g/mol. The maximum atomic E-state index is 12.4. The Morgan fingerprint density at radius 2 is 1.64 bits per heavy atom. The standard InChI is InChI=1S/C18H17N3O3S/c1-12(22)19-15(11-13-7-3-2-4-8-13)17(24)21-18(25)20-14-9-5-6-10-16(14)23/h2-11,23H,1H3,(H,19,22)(H2,20,21,24,25)/b15-11+. The minimum Gasteiger partial charge on any atom is -0.506 e. The molecule has 0 unspecified atom stereocenters. The van der Waals surface area contributed by atoms with Crippen molar-refractivity contribution in [2.24, 2.45) is 0 Å². The van der Waals surface area contributed by atoms with E-state index >= 15 is 0 Å². The van der Waals surface area contributed by atoms with Crippen molar-refractivity contribution in [2.75, 3.05) is 5.32 Å². The lowest BCUT2D eigenvalue weighted by atomic mass is 10.2. The lowest BCUT2D eigenvalue weighted by molar-refractivity contribution is -0.121. The summed E-state index contributed by atoms with van der Waals surface area (Å²) in [6.45, 7) is 1.31. The van der Waals surface area contributed by atoms with Crippen LogP contribution in [0.4, 0.5) is 5.69 Å². The van der Waals surface area contributed by atoms with Gasteiger partial charge in [0, 0.05) is 6.92 Å². The molecule has 0 aliphatic carbocycles. The van der Waals surface area contributed by atoms with E-state index < -0.39 is 5.91 Å². The van der Waals surface area contributed by atoms with E-state index in [1.165, 1.54) is 13.0 Å². The molecule has 0 fully saturated rings. The number of carbonyl (C=O) groups excluding carboxylic acids is 2. The third-order valence-electron chi connectivity index (χ3n) is 3.05. The number of anilines is 1. The van der Waals surface area contributed by atoms with Crippen LogP contribution in [0, 0.1) is 0 Å². The van der Waals surface area contributed by atoms with Crippen LogP contribution >= 0.6 is 12.2 Å². The molecule has 0 radical (unpaired) electrons. The number of hydrogen-bond donors (Lipinski definition) is 4. The minimum absolute atomic E-state index is 0.000936. The van der Waals surface area contributed by atoms with Crippen LogP contribution in [0.1, 0.15) is 12.5 Å². The zero-order chi connectivity index (χ0) is 18.2. The van der Waals surface area contributed by atoms with Gasteiger partial charge >= 0.3 is 0 Å². The van der Waals surface area contributed by atoms with Crippen molar-refractivity contribution in [3.8, 4) is 5.75 Å². The third-order valence-corrected chi connectivity index (χ3v) is 3.25. The Labute approximate surface area is 150 Å². The zero-order valence-corrected chi connectivity index (χ0v) is 14.3. The van der Waals surface area contributed by atoms with Gasteiger partial charge in [-0.1, -0.05) is 42.5 Å². The van der Waals surface area contributed by atoms with Gasteiger partial charge in [0.1, 0.15) is 11.4 Å². The van der Waals surface area contributed by atoms with Gasteiger partial charge < -0.3 is 15.7 Å². The molecular weight excluding hydrogens is 338 g/mol. The SMILES string of the molecule is CC(=O)N/C(=C/c1ccccc1)C(=O)NC(=S)Nc1ccccc1O. The van der Waals surface area contributed by atoms with Gasteiger partial charge in [-0.2, -0.15) is 0 Å². The number of phenolic OH excluding ortho intramolecular Hbond substituents is 1. The first-order chi connectivity index (χ1) is 12.0. The van der Waals surface area contributed by atoms with Crippen LogP contribution < -0.4 is 16.0 Å². The second kappa shape index (κ2) is 8.60. The first kappa shape index (κ1) is 18.2. The van der Waals surface area contributed by atoms with E-state index in [9.17, 15) is 14.7 Å². The van der Waals surface area contributed by atoms with Crippen molar-refractivity contribution in [1.82, 2.24) is 10.6 Å². The molecule has 0 spiro atoms. The fourth-order valence-electron chi connectivity index (χ4n) is 1.97. The molecule has 0 bridgehead atoms. The van der Waals surface area contributed by atoms with E-state index in [1.807, 2.05) is 18.2 Å². The summed E-state index contributed by atoms with van der Waals surface area (Å²) in [7, 11) is 0. The summed E-state index contributed by atoms with van der Waals surface area (Å²) < 4.78 is 0. The molecule has 0 aliphatic rings. The number of amides is 2. The molecule has 0 atom stereocenters. The van der Waals surface area contributed by atoms with Crippen molar-refractivity contribution in [3.05, 3.63) is 65.9 Å². The van der Waals surface area contributed by atoms with Gasteiger partial charge in [-0.3, -0.25) is 14.9 Å². The van der Waals surface area contributed by atoms with Gasteiger partial charge in [0.15, 0.2) is 5.11 Å². The summed E-state index contributed by atoms with van der Waals surface area (Å²) in [5.74, 6) is -0.954. The third kappa shape index (κ3) is 5.74. The fourth-order valence-corrected chi connectivity index (χ4v) is 2.17. The predicted octanol–water partition coefficient (Wildman–Crippen LogP) is 2.38. The second-order valence-corrected chi connectivity index (χ2v) is 5.48. The van der Waals surface area contributed by atoms with Gasteiger partial charge in [0.25, 0.3) is 5.91 Å². The van der Waals surface area contributed by atoms with Gasteiger partial charge in [-0.25, -0.2) is 0 Å². The second-order valence-electron chi connectivity index (χ2n) is 5.08. The average molecular weight is 355 g/mol. The molecule has 0 aromatic heterocycles. The molecule has 25 heavy (non-hydrogen) atoms. The molecule has 0 saturated heterocycles. The molecule has 2 aromatic carbocycles. The van der Waals surface area contributed by atoms with Crippen LogP contribution in [-0.4, -0.2) is 22.0 Å². The van der Waals surface area contributed by atoms with Crippen molar-refractivity contribution in [1.29, 1.82) is 0 Å². The number of benzene rings is 2. The number of para-hydroxylation sites is 2. The Bertz CT molecular complexity index is 819. The Balaban J connectivity index is 2.11. The predicted molar refractivity (Wildman–Crippen MR) is 101 cm³/mol. The molecule has 2 amide bonds. The molecule has 4 N–H and O–H groups in total. The largest absolute Gasteiger partial charge is 0.506 e. The number of phenols is 1. The summed E-state index contributed by atoms with van der Waals surface area (Å²) in [6.07, 6.45) is 1.54. The maximum Gasteiger partial charge on any atom is 0.273 e. The van der Waals surface area contributed by atoms with Crippen LogP contribution in [-0.2, 0) is 9.59 Å². The normalized spacial score (nSPS) is 10.7. The van der Waals surface area contributed by atoms with E-state index in [-0.39, 0.29) is 22.5 Å². The molecular formula is C18H17N3O3S. The lowest BCUT2D eigenvalue weighted by Crippen LogP contribution is -2.39. The summed E-state index contributed by atoms with van der Waals surface area (Å²) in [4.78, 5) is 23.7. The minimum atomic E-state index is -0.577. The van der Waals surface area contributed by atoms with E-state index in [2.05, 4.69) is 16.0 Å². The quantitative estimate of drug-likeness (QED) is 0.384. The molecule has 2 rings (SSSR count). The smallest absolute Gasteiger partial charge is 0.273 e. The van der Waals surface area contributed by atoms with Crippen LogP contribution in [0.3, 0.4) is 0 Å². The Morgan fingerprint density at radius 3 is 2.28 bits per heavy atom. The van der Waals surface area contributed by atoms with Gasteiger partial charge in [0.2, 0.25) is 5.91 Å². The zero-order valence-electron chi connectivity index (χ0n) is 13.4. The van der Waals surface area contributed by atoms with Gasteiger partial charge in [-0.15, -0.1) is 0 Å². The van der Waals surface area contributed by atoms with E-state index in [0.29, 0.717) is 5.69 Å². The molecule has 0 aliphatic heterocycles. The van der Waals surface area contributed by atoms with Crippen LogP contribution in [0.5, 0.6) is 5.75 Å². The highest BCUT2D eigenvalue weighted by Gasteiger charge is 2.13. The number of rotatable bonds is 4. The highest BCUT2D eigenvalue weighted by molar-refractivity contribution is 7.80. The van der Waals surface area contributed by atoms with E-state index in [1.54, 1.807) is 36.4 Å². The number of hydrogen-bond acceptors (Lipinski definition) is 4. The highest BCUT2D eigenvalue weighted by Crippen LogP contribution is 2.21.